The Hall–Kier alpha value is -2.16. The van der Waals surface area contributed by atoms with Crippen molar-refractivity contribution >= 4 is 11.9 Å². The summed E-state index contributed by atoms with van der Waals surface area (Å²) >= 11 is 0. The average molecular weight is 322 g/mol. The van der Waals surface area contributed by atoms with Gasteiger partial charge in [0.25, 0.3) is 5.91 Å². The number of piperidine rings is 1. The minimum atomic E-state index is -0.647. The number of carbonyl (C=O) groups is 2. The number of nitrogens with zero attached hydrogens (tertiary/aromatic N) is 4. The Morgan fingerprint density at radius 2 is 2.26 bits per heavy atom. The highest BCUT2D eigenvalue weighted by Gasteiger charge is 2.26. The molecule has 3 rings (SSSR count). The first kappa shape index (κ1) is 15.7. The van der Waals surface area contributed by atoms with Gasteiger partial charge in [0.05, 0.1) is 12.1 Å². The quantitative estimate of drug-likeness (QED) is 0.803. The summed E-state index contributed by atoms with van der Waals surface area (Å²) in [6.07, 6.45) is 5.45. The van der Waals surface area contributed by atoms with Crippen molar-refractivity contribution in [3.8, 4) is 0 Å². The van der Waals surface area contributed by atoms with Crippen LogP contribution in [0.25, 0.3) is 0 Å². The maximum atomic E-state index is 12.3. The molecule has 3 amide bonds. The van der Waals surface area contributed by atoms with E-state index in [4.69, 9.17) is 10.5 Å². The van der Waals surface area contributed by atoms with E-state index in [0.29, 0.717) is 19.6 Å². The number of ether oxygens (including phenoxy) is 1. The molecular weight excluding hydrogens is 300 g/mol. The molecule has 3 N–H and O–H groups in total. The van der Waals surface area contributed by atoms with E-state index in [1.165, 1.54) is 6.33 Å². The van der Waals surface area contributed by atoms with Crippen molar-refractivity contribution in [3.63, 3.8) is 0 Å². The lowest BCUT2D eigenvalue weighted by Crippen LogP contribution is -2.47. The fraction of sp³-hybridized carbons (Fsp3) is 0.714. The Labute approximate surface area is 134 Å². The van der Waals surface area contributed by atoms with Gasteiger partial charge in [0.1, 0.15) is 6.33 Å². The minimum Gasteiger partial charge on any atom is -0.376 e. The van der Waals surface area contributed by atoms with E-state index in [1.807, 2.05) is 0 Å². The van der Waals surface area contributed by atoms with Gasteiger partial charge in [-0.1, -0.05) is 0 Å². The van der Waals surface area contributed by atoms with Crippen LogP contribution in [0.4, 0.5) is 4.79 Å². The number of primary amides is 1. The molecular formula is C14H22N6O3. The molecule has 2 atom stereocenters. The lowest BCUT2D eigenvalue weighted by atomic mass is 10.1. The Morgan fingerprint density at radius 1 is 1.39 bits per heavy atom. The molecule has 1 aromatic rings. The van der Waals surface area contributed by atoms with Crippen LogP contribution in [0.15, 0.2) is 6.33 Å². The molecule has 0 radical (unpaired) electrons. The molecule has 0 saturated carbocycles. The third-order valence-corrected chi connectivity index (χ3v) is 4.29. The smallest absolute Gasteiger partial charge is 0.317 e. The molecule has 2 unspecified atom stereocenters. The topological polar surface area (TPSA) is 115 Å². The number of urea groups is 1. The number of nitrogens with two attached hydrogens (primary N) is 1. The van der Waals surface area contributed by atoms with Crippen molar-refractivity contribution < 1.29 is 14.3 Å². The molecule has 2 aliphatic heterocycles. The molecule has 2 fully saturated rings. The first-order chi connectivity index (χ1) is 11.1. The second-order valence-electron chi connectivity index (χ2n) is 5.98. The molecule has 0 aliphatic carbocycles. The normalized spacial score (nSPS) is 24.6. The Bertz CT molecular complexity index is 569. The van der Waals surface area contributed by atoms with Crippen LogP contribution in [0.3, 0.4) is 0 Å². The Kier molecular flexibility index (Phi) is 4.75. The van der Waals surface area contributed by atoms with Crippen molar-refractivity contribution in [3.05, 3.63) is 12.2 Å². The third kappa shape index (κ3) is 3.79. The first-order valence-electron chi connectivity index (χ1n) is 7.99. The molecule has 0 aromatic carbocycles. The molecule has 126 valence electrons. The summed E-state index contributed by atoms with van der Waals surface area (Å²) < 4.78 is 7.13. The molecule has 9 nitrogen and oxygen atoms in total. The van der Waals surface area contributed by atoms with Gasteiger partial charge in [-0.25, -0.2) is 14.5 Å². The maximum absolute atomic E-state index is 12.3. The number of amides is 3. The highest BCUT2D eigenvalue weighted by atomic mass is 16.5. The number of rotatable bonds is 4. The molecule has 2 aliphatic rings. The Balaban J connectivity index is 1.54. The molecule has 0 spiro atoms. The summed E-state index contributed by atoms with van der Waals surface area (Å²) in [5.74, 6) is -0.643. The molecule has 0 bridgehead atoms. The van der Waals surface area contributed by atoms with Crippen molar-refractivity contribution in [2.24, 2.45) is 5.73 Å². The predicted octanol–water partition coefficient (Wildman–Crippen LogP) is -0.0975. The van der Waals surface area contributed by atoms with E-state index in [-0.39, 0.29) is 24.0 Å². The highest BCUT2D eigenvalue weighted by Crippen LogP contribution is 2.20. The number of nitrogens with one attached hydrogen (secondary N) is 1. The van der Waals surface area contributed by atoms with E-state index >= 15 is 0 Å². The second kappa shape index (κ2) is 6.95. The monoisotopic (exact) mass is 322 g/mol. The van der Waals surface area contributed by atoms with Crippen molar-refractivity contribution in [2.75, 3.05) is 26.2 Å². The molecule has 3 heterocycles. The van der Waals surface area contributed by atoms with Crippen LogP contribution in [0.2, 0.25) is 0 Å². The van der Waals surface area contributed by atoms with Gasteiger partial charge < -0.3 is 20.7 Å². The lowest BCUT2D eigenvalue weighted by Gasteiger charge is -2.32. The SMILES string of the molecule is NC(=O)c1ncn(C2CCCN(C(=O)NCC3CCCO3)C2)n1. The average Bonchev–Trinajstić information content (AvgIpc) is 3.24. The molecule has 23 heavy (non-hydrogen) atoms. The fourth-order valence-electron chi connectivity index (χ4n) is 3.04. The number of hydrogen-bond acceptors (Lipinski definition) is 5. The number of likely N-dealkylation sites (tertiary alicyclic amines) is 1. The molecule has 2 saturated heterocycles. The summed E-state index contributed by atoms with van der Waals surface area (Å²) in [4.78, 5) is 29.0. The summed E-state index contributed by atoms with van der Waals surface area (Å²) in [5, 5.41) is 7.02. The minimum absolute atomic E-state index is 0.00459. The van der Waals surface area contributed by atoms with Crippen molar-refractivity contribution in [2.45, 2.75) is 37.8 Å². The molecule has 9 heteroatoms. The standard InChI is InChI=1S/C14H22N6O3/c15-12(21)13-17-9-20(18-13)10-3-1-5-19(8-10)14(22)16-7-11-4-2-6-23-11/h9-11H,1-8H2,(H2,15,21)(H,16,22). The second-order valence-corrected chi connectivity index (χ2v) is 5.98. The summed E-state index contributed by atoms with van der Waals surface area (Å²) in [5.41, 5.74) is 5.17. The first-order valence-corrected chi connectivity index (χ1v) is 7.99. The van der Waals surface area contributed by atoms with E-state index in [1.54, 1.807) is 9.58 Å². The van der Waals surface area contributed by atoms with Gasteiger partial charge in [0.15, 0.2) is 0 Å². The largest absolute Gasteiger partial charge is 0.376 e. The van der Waals surface area contributed by atoms with Crippen LogP contribution in [-0.2, 0) is 4.74 Å². The van der Waals surface area contributed by atoms with Gasteiger partial charge in [-0.05, 0) is 25.7 Å². The summed E-state index contributed by atoms with van der Waals surface area (Å²) in [7, 11) is 0. The van der Waals surface area contributed by atoms with Gasteiger partial charge >= 0.3 is 6.03 Å². The van der Waals surface area contributed by atoms with Gasteiger partial charge in [-0.15, -0.1) is 5.10 Å². The molecule has 1 aromatic heterocycles. The third-order valence-electron chi connectivity index (χ3n) is 4.29. The maximum Gasteiger partial charge on any atom is 0.317 e. The van der Waals surface area contributed by atoms with E-state index in [9.17, 15) is 9.59 Å². The summed E-state index contributed by atoms with van der Waals surface area (Å²) in [6, 6.07) is -0.0710. The van der Waals surface area contributed by atoms with Crippen molar-refractivity contribution in [1.82, 2.24) is 25.0 Å². The van der Waals surface area contributed by atoms with Crippen LogP contribution >= 0.6 is 0 Å². The number of aromatic nitrogens is 3. The van der Waals surface area contributed by atoms with E-state index in [0.717, 1.165) is 32.3 Å². The van der Waals surface area contributed by atoms with Gasteiger partial charge in [-0.3, -0.25) is 4.79 Å². The van der Waals surface area contributed by atoms with Crippen LogP contribution in [0, 0.1) is 0 Å². The van der Waals surface area contributed by atoms with E-state index in [2.05, 4.69) is 15.4 Å². The zero-order valence-corrected chi connectivity index (χ0v) is 13.0. The van der Waals surface area contributed by atoms with Crippen LogP contribution in [-0.4, -0.2) is 63.9 Å². The van der Waals surface area contributed by atoms with Crippen LogP contribution in [0.1, 0.15) is 42.3 Å². The number of carbonyl (C=O) groups excluding carboxylic acids is 2. The summed E-state index contributed by atoms with van der Waals surface area (Å²) in [6.45, 7) is 2.58. The fourth-order valence-corrected chi connectivity index (χ4v) is 3.04. The van der Waals surface area contributed by atoms with Crippen molar-refractivity contribution in [1.29, 1.82) is 0 Å². The highest BCUT2D eigenvalue weighted by molar-refractivity contribution is 5.88. The zero-order valence-electron chi connectivity index (χ0n) is 13.0. The van der Waals surface area contributed by atoms with Crippen LogP contribution in [0.5, 0.6) is 0 Å². The lowest BCUT2D eigenvalue weighted by molar-refractivity contribution is 0.0988. The zero-order chi connectivity index (χ0) is 16.2. The van der Waals surface area contributed by atoms with Gasteiger partial charge in [0.2, 0.25) is 5.82 Å². The van der Waals surface area contributed by atoms with Crippen LogP contribution < -0.4 is 11.1 Å². The predicted molar refractivity (Wildman–Crippen MR) is 80.8 cm³/mol. The van der Waals surface area contributed by atoms with E-state index < -0.39 is 5.91 Å². The number of hydrogen-bond donors (Lipinski definition) is 2. The van der Waals surface area contributed by atoms with Gasteiger partial charge in [-0.2, -0.15) is 0 Å². The van der Waals surface area contributed by atoms with Gasteiger partial charge in [0, 0.05) is 26.2 Å². The Morgan fingerprint density at radius 3 is 2.96 bits per heavy atom.